The lowest BCUT2D eigenvalue weighted by Crippen LogP contribution is -2.35. The lowest BCUT2D eigenvalue weighted by atomic mass is 10.1. The number of methoxy groups -OCH3 is 1. The van der Waals surface area contributed by atoms with E-state index in [1.165, 1.54) is 11.3 Å². The van der Waals surface area contributed by atoms with Crippen molar-refractivity contribution in [1.29, 1.82) is 0 Å². The van der Waals surface area contributed by atoms with Gasteiger partial charge < -0.3 is 4.74 Å². The van der Waals surface area contributed by atoms with Gasteiger partial charge in [-0.25, -0.2) is 4.98 Å². The van der Waals surface area contributed by atoms with Crippen LogP contribution >= 0.6 is 11.3 Å². The minimum atomic E-state index is 0.0904. The number of anilines is 1. The minimum Gasteiger partial charge on any atom is -0.494 e. The van der Waals surface area contributed by atoms with E-state index in [-0.39, 0.29) is 11.8 Å². The summed E-state index contributed by atoms with van der Waals surface area (Å²) in [5.41, 5.74) is 1.67. The number of aromatic nitrogens is 2. The third-order valence-corrected chi connectivity index (χ3v) is 5.88. The fourth-order valence-corrected chi connectivity index (χ4v) is 4.47. The van der Waals surface area contributed by atoms with Gasteiger partial charge >= 0.3 is 0 Å². The number of hydrogen-bond donors (Lipinski definition) is 0. The molecule has 6 heteroatoms. The summed E-state index contributed by atoms with van der Waals surface area (Å²) in [6.45, 7) is 0.443. The standard InChI is InChI=1S/C20H21N3O2S/c1-25-16-10-6-11-17-18(16)22-20(26-17)23(13-15-9-4-5-12-21-15)19(24)14-7-2-3-8-14/h4-6,9-12,14H,2-3,7-8,13H2,1H3. The summed E-state index contributed by atoms with van der Waals surface area (Å²) in [5.74, 6) is 0.981. The highest BCUT2D eigenvalue weighted by Crippen LogP contribution is 2.36. The maximum absolute atomic E-state index is 13.2. The number of fused-ring (bicyclic) bond motifs is 1. The molecule has 1 saturated carbocycles. The van der Waals surface area contributed by atoms with Crippen molar-refractivity contribution in [3.8, 4) is 5.75 Å². The fraction of sp³-hybridized carbons (Fsp3) is 0.350. The Morgan fingerprint density at radius 2 is 2.08 bits per heavy atom. The molecule has 2 aromatic heterocycles. The molecule has 1 fully saturated rings. The van der Waals surface area contributed by atoms with E-state index < -0.39 is 0 Å². The predicted molar refractivity (Wildman–Crippen MR) is 104 cm³/mol. The van der Waals surface area contributed by atoms with E-state index in [4.69, 9.17) is 9.72 Å². The summed E-state index contributed by atoms with van der Waals surface area (Å²) >= 11 is 1.53. The Balaban J connectivity index is 1.73. The van der Waals surface area contributed by atoms with E-state index in [1.54, 1.807) is 13.3 Å². The lowest BCUT2D eigenvalue weighted by molar-refractivity contribution is -0.122. The Kier molecular flexibility index (Phi) is 4.84. The highest BCUT2D eigenvalue weighted by Gasteiger charge is 2.30. The van der Waals surface area contributed by atoms with E-state index in [0.717, 1.165) is 47.3 Å². The predicted octanol–water partition coefficient (Wildman–Crippen LogP) is 4.42. The molecule has 134 valence electrons. The van der Waals surface area contributed by atoms with Gasteiger partial charge in [-0.15, -0.1) is 0 Å². The molecule has 3 aromatic rings. The first-order valence-corrected chi connectivity index (χ1v) is 9.73. The molecule has 4 rings (SSSR count). The number of pyridine rings is 1. The average molecular weight is 367 g/mol. The van der Waals surface area contributed by atoms with Crippen LogP contribution < -0.4 is 9.64 Å². The van der Waals surface area contributed by atoms with Gasteiger partial charge in [-0.2, -0.15) is 0 Å². The molecule has 0 N–H and O–H groups in total. The van der Waals surface area contributed by atoms with Gasteiger partial charge in [-0.05, 0) is 37.1 Å². The monoisotopic (exact) mass is 367 g/mol. The van der Waals surface area contributed by atoms with Crippen LogP contribution in [0, 0.1) is 5.92 Å². The van der Waals surface area contributed by atoms with Crippen LogP contribution in [0.1, 0.15) is 31.4 Å². The Bertz CT molecular complexity index is 904. The van der Waals surface area contributed by atoms with Crippen LogP contribution in [0.5, 0.6) is 5.75 Å². The van der Waals surface area contributed by atoms with Crippen molar-refractivity contribution in [3.63, 3.8) is 0 Å². The van der Waals surface area contributed by atoms with Crippen molar-refractivity contribution in [3.05, 3.63) is 48.3 Å². The second-order valence-corrected chi connectivity index (χ2v) is 7.54. The average Bonchev–Trinajstić information content (AvgIpc) is 3.35. The molecule has 5 nitrogen and oxygen atoms in total. The largest absolute Gasteiger partial charge is 0.494 e. The number of rotatable bonds is 5. The normalized spacial score (nSPS) is 14.7. The number of carbonyl (C=O) groups excluding carboxylic acids is 1. The zero-order valence-corrected chi connectivity index (χ0v) is 15.5. The van der Waals surface area contributed by atoms with Crippen molar-refractivity contribution >= 4 is 32.6 Å². The number of carbonyl (C=O) groups is 1. The van der Waals surface area contributed by atoms with E-state index in [9.17, 15) is 4.79 Å². The molecule has 0 radical (unpaired) electrons. The second-order valence-electron chi connectivity index (χ2n) is 6.53. The summed E-state index contributed by atoms with van der Waals surface area (Å²) in [6, 6.07) is 11.6. The molecular formula is C20H21N3O2S. The second kappa shape index (κ2) is 7.41. The summed E-state index contributed by atoms with van der Waals surface area (Å²) in [4.78, 5) is 24.2. The molecule has 0 atom stereocenters. The first-order valence-electron chi connectivity index (χ1n) is 8.91. The van der Waals surface area contributed by atoms with Gasteiger partial charge in [0.2, 0.25) is 5.91 Å². The van der Waals surface area contributed by atoms with Crippen molar-refractivity contribution in [1.82, 2.24) is 9.97 Å². The molecule has 1 aromatic carbocycles. The number of benzene rings is 1. The van der Waals surface area contributed by atoms with Gasteiger partial charge in [0.15, 0.2) is 5.13 Å². The maximum atomic E-state index is 13.2. The van der Waals surface area contributed by atoms with E-state index in [2.05, 4.69) is 4.98 Å². The maximum Gasteiger partial charge on any atom is 0.232 e. The van der Waals surface area contributed by atoms with Gasteiger partial charge in [0.1, 0.15) is 11.3 Å². The van der Waals surface area contributed by atoms with Crippen LogP contribution in [0.4, 0.5) is 5.13 Å². The fourth-order valence-electron chi connectivity index (χ4n) is 3.48. The van der Waals surface area contributed by atoms with Gasteiger partial charge in [0.05, 0.1) is 24.0 Å². The van der Waals surface area contributed by atoms with Crippen molar-refractivity contribution in [2.45, 2.75) is 32.2 Å². The van der Waals surface area contributed by atoms with Crippen molar-refractivity contribution < 1.29 is 9.53 Å². The topological polar surface area (TPSA) is 55.3 Å². The quantitative estimate of drug-likeness (QED) is 0.670. The lowest BCUT2D eigenvalue weighted by Gasteiger charge is -2.22. The third-order valence-electron chi connectivity index (χ3n) is 4.84. The molecule has 0 saturated heterocycles. The molecule has 0 unspecified atom stereocenters. The number of thiazole rings is 1. The molecule has 26 heavy (non-hydrogen) atoms. The first-order chi connectivity index (χ1) is 12.8. The van der Waals surface area contributed by atoms with Gasteiger partial charge in [-0.3, -0.25) is 14.7 Å². The van der Waals surface area contributed by atoms with Crippen LogP contribution in [-0.4, -0.2) is 23.0 Å². The number of ether oxygens (including phenoxy) is 1. The molecule has 1 aliphatic carbocycles. The van der Waals surface area contributed by atoms with Crippen molar-refractivity contribution in [2.75, 3.05) is 12.0 Å². The first kappa shape index (κ1) is 17.0. The number of nitrogens with zero attached hydrogens (tertiary/aromatic N) is 3. The third kappa shape index (κ3) is 3.29. The Morgan fingerprint density at radius 3 is 2.81 bits per heavy atom. The summed E-state index contributed by atoms with van der Waals surface area (Å²) < 4.78 is 6.45. The molecule has 0 aliphatic heterocycles. The Morgan fingerprint density at radius 1 is 1.23 bits per heavy atom. The van der Waals surface area contributed by atoms with Crippen molar-refractivity contribution in [2.24, 2.45) is 5.92 Å². The van der Waals surface area contributed by atoms with E-state index in [1.807, 2.05) is 41.3 Å². The van der Waals surface area contributed by atoms with Gasteiger partial charge in [-0.1, -0.05) is 36.3 Å². The van der Waals surface area contributed by atoms with Crippen LogP contribution in [0.15, 0.2) is 42.6 Å². The molecule has 1 aliphatic rings. The van der Waals surface area contributed by atoms with Crippen LogP contribution in [0.25, 0.3) is 10.2 Å². The molecule has 2 heterocycles. The van der Waals surface area contributed by atoms with Crippen LogP contribution in [0.3, 0.4) is 0 Å². The zero-order valence-electron chi connectivity index (χ0n) is 14.7. The highest BCUT2D eigenvalue weighted by molar-refractivity contribution is 7.22. The minimum absolute atomic E-state index is 0.0904. The van der Waals surface area contributed by atoms with E-state index in [0.29, 0.717) is 11.7 Å². The molecular weight excluding hydrogens is 346 g/mol. The smallest absolute Gasteiger partial charge is 0.232 e. The number of hydrogen-bond acceptors (Lipinski definition) is 5. The Hall–Kier alpha value is -2.47. The highest BCUT2D eigenvalue weighted by atomic mass is 32.1. The van der Waals surface area contributed by atoms with E-state index >= 15 is 0 Å². The SMILES string of the molecule is COc1cccc2sc(N(Cc3ccccn3)C(=O)C3CCCC3)nc12. The van der Waals surface area contributed by atoms with Gasteiger partial charge in [0.25, 0.3) is 0 Å². The number of para-hydroxylation sites is 1. The zero-order chi connectivity index (χ0) is 17.9. The Labute approximate surface area is 156 Å². The summed E-state index contributed by atoms with van der Waals surface area (Å²) in [5, 5.41) is 0.715. The number of amides is 1. The van der Waals surface area contributed by atoms with Gasteiger partial charge in [0, 0.05) is 12.1 Å². The molecule has 0 bridgehead atoms. The van der Waals surface area contributed by atoms with Crippen LogP contribution in [-0.2, 0) is 11.3 Å². The summed E-state index contributed by atoms with van der Waals surface area (Å²) in [7, 11) is 1.64. The molecule has 0 spiro atoms. The summed E-state index contributed by atoms with van der Waals surface area (Å²) in [6.07, 6.45) is 5.94. The van der Waals surface area contributed by atoms with Crippen LogP contribution in [0.2, 0.25) is 0 Å². The molecule has 1 amide bonds.